The number of carboxylic acid groups (broad SMARTS) is 2. The molecular formula is C58H88O27. The highest BCUT2D eigenvalue weighted by molar-refractivity contribution is 5.79. The minimum Gasteiger partial charge on any atom is -0.481 e. The van der Waals surface area contributed by atoms with Crippen LogP contribution >= 0.6 is 0 Å². The Kier molecular flexibility index (Phi) is 18.3. The van der Waals surface area contributed by atoms with Crippen LogP contribution in [0, 0.1) is 50.2 Å². The van der Waals surface area contributed by atoms with Gasteiger partial charge < -0.3 is 109 Å². The van der Waals surface area contributed by atoms with E-state index in [1.165, 1.54) is 20.8 Å². The van der Waals surface area contributed by atoms with Crippen LogP contribution in [0.15, 0.2) is 11.6 Å². The lowest BCUT2D eigenvalue weighted by molar-refractivity contribution is -0.379. The summed E-state index contributed by atoms with van der Waals surface area (Å²) in [4.78, 5) is 67.3. The number of rotatable bonds is 13. The first-order valence-corrected chi connectivity index (χ1v) is 29.6. The molecule has 30 atom stereocenters. The summed E-state index contributed by atoms with van der Waals surface area (Å²) in [5, 5.41) is 130. The van der Waals surface area contributed by atoms with E-state index in [1.807, 2.05) is 6.92 Å². The third-order valence-corrected chi connectivity index (χ3v) is 21.9. The summed E-state index contributed by atoms with van der Waals surface area (Å²) in [5.41, 5.74) is -4.44. The zero-order valence-corrected chi connectivity index (χ0v) is 49.6. The van der Waals surface area contributed by atoms with Crippen molar-refractivity contribution < 1.29 is 133 Å². The molecule has 8 fully saturated rings. The van der Waals surface area contributed by atoms with Crippen molar-refractivity contribution in [3.05, 3.63) is 11.6 Å². The van der Waals surface area contributed by atoms with Crippen molar-refractivity contribution in [1.29, 1.82) is 0 Å². The van der Waals surface area contributed by atoms with Crippen molar-refractivity contribution in [1.82, 2.24) is 0 Å². The number of aliphatic hydroxyl groups is 10. The zero-order valence-electron chi connectivity index (χ0n) is 49.6. The van der Waals surface area contributed by atoms with Gasteiger partial charge in [0.1, 0.15) is 67.1 Å². The van der Waals surface area contributed by atoms with Gasteiger partial charge in [-0.3, -0.25) is 19.2 Å². The number of esters is 3. The first-order chi connectivity index (χ1) is 39.5. The number of aliphatic hydroxyl groups excluding tert-OH is 10. The average molecular weight is 1220 g/mol. The average Bonchev–Trinajstić information content (AvgIpc) is 0.683. The molecule has 0 aromatic heterocycles. The Labute approximate surface area is 491 Å². The quantitative estimate of drug-likeness (QED) is 0.0469. The van der Waals surface area contributed by atoms with Crippen LogP contribution in [0.3, 0.4) is 0 Å². The molecular weight excluding hydrogens is 1130 g/mol. The van der Waals surface area contributed by atoms with E-state index < -0.39 is 210 Å². The van der Waals surface area contributed by atoms with Crippen LogP contribution in [0.2, 0.25) is 0 Å². The normalized spacial score (nSPS) is 51.2. The molecule has 0 amide bonds. The van der Waals surface area contributed by atoms with Gasteiger partial charge in [-0.25, -0.2) is 4.79 Å². The number of hydrogen-bond donors (Lipinski definition) is 12. The molecule has 4 saturated heterocycles. The summed E-state index contributed by atoms with van der Waals surface area (Å²) in [7, 11) is 0. The summed E-state index contributed by atoms with van der Waals surface area (Å²) in [6.45, 7) is 16.4. The summed E-state index contributed by atoms with van der Waals surface area (Å²) < 4.78 is 59.8. The number of ether oxygens (including phenoxy) is 10. The molecule has 9 rings (SSSR count). The van der Waals surface area contributed by atoms with E-state index in [0.29, 0.717) is 51.4 Å². The van der Waals surface area contributed by atoms with Gasteiger partial charge in [0.2, 0.25) is 6.29 Å². The van der Waals surface area contributed by atoms with Gasteiger partial charge in [0, 0.05) is 13.8 Å². The van der Waals surface area contributed by atoms with Gasteiger partial charge in [-0.05, 0) is 118 Å². The molecule has 0 bridgehead atoms. The van der Waals surface area contributed by atoms with E-state index in [2.05, 4.69) is 33.8 Å². The highest BCUT2D eigenvalue weighted by Gasteiger charge is 2.73. The third-order valence-electron chi connectivity index (χ3n) is 21.9. The molecule has 9 aliphatic rings. The molecule has 0 radical (unpaired) electrons. The van der Waals surface area contributed by atoms with Crippen LogP contribution in [0.4, 0.5) is 0 Å². The van der Waals surface area contributed by atoms with Crippen LogP contribution in [-0.2, 0) is 71.3 Å². The highest BCUT2D eigenvalue weighted by atomic mass is 16.8. The molecule has 85 heavy (non-hydrogen) atoms. The van der Waals surface area contributed by atoms with Crippen molar-refractivity contribution >= 4 is 29.8 Å². The molecule has 4 heterocycles. The van der Waals surface area contributed by atoms with Gasteiger partial charge >= 0.3 is 29.8 Å². The molecule has 0 unspecified atom stereocenters. The molecule has 4 saturated carbocycles. The van der Waals surface area contributed by atoms with Gasteiger partial charge in [0.15, 0.2) is 43.3 Å². The largest absolute Gasteiger partial charge is 0.481 e. The Balaban J connectivity index is 1.02. The lowest BCUT2D eigenvalue weighted by Gasteiger charge is -2.71. The van der Waals surface area contributed by atoms with Gasteiger partial charge in [-0.15, -0.1) is 0 Å². The van der Waals surface area contributed by atoms with E-state index in [9.17, 15) is 80.5 Å². The van der Waals surface area contributed by atoms with Crippen LogP contribution < -0.4 is 0 Å². The molecule has 5 aliphatic carbocycles. The predicted octanol–water partition coefficient (Wildman–Crippen LogP) is -0.711. The fourth-order valence-corrected chi connectivity index (χ4v) is 17.1. The highest BCUT2D eigenvalue weighted by Crippen LogP contribution is 2.76. The first-order valence-electron chi connectivity index (χ1n) is 29.6. The SMILES string of the molecule is CC(=O)O[C@H]1[C@@H](OC(C)=O)[C@@H](C)O[C@@H](OC(=O)[C@]23CCC(C)(C)C[C@H]2C2=CC[C@@H]4[C@@]5(C)C[C@H](O)[C@H](O[C@@H]6O[C@H](C(=O)O)[C@@H](O)[C@H](O)[C@H]6O)[C@@](C)(C(=O)O)[C@@H]5CC[C@@]4(C)[C@]2(C)CC3)[C@@H]1O[C@@H]1O[C@@H](C)[C@H](O)[C@@H](O[C@@H]2O[C@H](CO)[C@@H](O)[C@H](O)[C@H]2O)[C@H]1O. The maximum Gasteiger partial charge on any atom is 0.335 e. The molecule has 4 aliphatic heterocycles. The van der Waals surface area contributed by atoms with Crippen LogP contribution in [0.5, 0.6) is 0 Å². The van der Waals surface area contributed by atoms with E-state index in [-0.39, 0.29) is 17.8 Å². The standard InChI is InChI=1S/C58H88O27/c1-22-32(63)41(81-47-37(68)34(65)33(64)29(21-59)80-47)39(70)49(76-22)83-44-43(79-25(4)61)40(78-24(3)60)23(2)77-50(44)85-52(75)58-17-15-53(5,6)19-27(58)26-11-12-30-54(7)20-28(62)45(84-48-38(69)35(66)36(67)42(82-48)46(71)72)57(10,51(73)74)31(54)13-14-56(30,9)55(26,8)16-18-58/h11,22-23,27-45,47-50,59,62-70H,12-21H2,1-10H3,(H,71,72)(H,73,74)/t22-,23+,27-,28-,29+,30+,31+,32-,33+,34-,35-,36-,37+,38+,39+,40-,41+,42-,43-,44+,45-,47-,48-,49-,50-,54+,55+,56+,57-,58-/m0/s1. The lowest BCUT2D eigenvalue weighted by atomic mass is 9.33. The van der Waals surface area contributed by atoms with Crippen LogP contribution in [0.1, 0.15) is 127 Å². The number of hydrogen-bond acceptors (Lipinski definition) is 25. The summed E-state index contributed by atoms with van der Waals surface area (Å²) >= 11 is 0. The number of allylic oxidation sites excluding steroid dienone is 2. The van der Waals surface area contributed by atoms with Crippen LogP contribution in [0.25, 0.3) is 0 Å². The second-order valence-corrected chi connectivity index (χ2v) is 27.4. The number of aliphatic carboxylic acids is 2. The van der Waals surface area contributed by atoms with E-state index >= 15 is 4.79 Å². The Hall–Kier alpha value is -3.59. The first kappa shape index (κ1) is 65.8. The van der Waals surface area contributed by atoms with Gasteiger partial charge in [-0.2, -0.15) is 0 Å². The maximum atomic E-state index is 15.8. The smallest absolute Gasteiger partial charge is 0.335 e. The number of carbonyl (C=O) groups is 5. The fourth-order valence-electron chi connectivity index (χ4n) is 17.1. The predicted molar refractivity (Wildman–Crippen MR) is 283 cm³/mol. The second-order valence-electron chi connectivity index (χ2n) is 27.4. The molecule has 0 aromatic carbocycles. The monoisotopic (exact) mass is 1220 g/mol. The van der Waals surface area contributed by atoms with Gasteiger partial charge in [-0.1, -0.05) is 46.3 Å². The topological polar surface area (TPSA) is 420 Å². The summed E-state index contributed by atoms with van der Waals surface area (Å²) in [5.74, 6) is -6.71. The lowest BCUT2D eigenvalue weighted by Crippen LogP contribution is -2.70. The Bertz CT molecular complexity index is 2550. The minimum absolute atomic E-state index is 0.0256. The molecule has 27 nitrogen and oxygen atoms in total. The van der Waals surface area contributed by atoms with E-state index in [1.54, 1.807) is 0 Å². The van der Waals surface area contributed by atoms with Crippen molar-refractivity contribution in [3.63, 3.8) is 0 Å². The summed E-state index contributed by atoms with van der Waals surface area (Å²) in [6.07, 6.45) is -32.4. The van der Waals surface area contributed by atoms with Crippen LogP contribution in [-0.4, -0.2) is 233 Å². The number of carbonyl (C=O) groups excluding carboxylic acids is 3. The molecule has 12 N–H and O–H groups in total. The van der Waals surface area contributed by atoms with Crippen molar-refractivity contribution in [2.45, 2.75) is 262 Å². The number of carboxylic acids is 2. The Morgan fingerprint density at radius 3 is 1.76 bits per heavy atom. The molecule has 27 heteroatoms. The van der Waals surface area contributed by atoms with Gasteiger partial charge in [0.25, 0.3) is 0 Å². The fraction of sp³-hybridized carbons (Fsp3) is 0.879. The zero-order chi connectivity index (χ0) is 62.7. The minimum atomic E-state index is -2.03. The molecule has 0 spiro atoms. The molecule has 0 aromatic rings. The number of fused-ring (bicyclic) bond motifs is 7. The van der Waals surface area contributed by atoms with Gasteiger partial charge in [0.05, 0.1) is 35.7 Å². The van der Waals surface area contributed by atoms with Crippen molar-refractivity contribution in [2.75, 3.05) is 6.61 Å². The summed E-state index contributed by atoms with van der Waals surface area (Å²) in [6, 6.07) is 0. The Morgan fingerprint density at radius 1 is 0.576 bits per heavy atom. The van der Waals surface area contributed by atoms with Crippen molar-refractivity contribution in [2.24, 2.45) is 50.2 Å². The molecule has 482 valence electrons. The van der Waals surface area contributed by atoms with Crippen molar-refractivity contribution in [3.8, 4) is 0 Å². The van der Waals surface area contributed by atoms with E-state index in [0.717, 1.165) is 19.4 Å². The van der Waals surface area contributed by atoms with E-state index in [4.69, 9.17) is 47.4 Å². The second kappa shape index (κ2) is 23.7. The third kappa shape index (κ3) is 11.0. The maximum absolute atomic E-state index is 15.8. The Morgan fingerprint density at radius 2 is 1.15 bits per heavy atom.